The van der Waals surface area contributed by atoms with Crippen molar-refractivity contribution < 1.29 is 9.59 Å². The summed E-state index contributed by atoms with van der Waals surface area (Å²) in [6.07, 6.45) is 6.85. The minimum atomic E-state index is -0.265. The van der Waals surface area contributed by atoms with Crippen LogP contribution in [0.2, 0.25) is 15.1 Å². The summed E-state index contributed by atoms with van der Waals surface area (Å²) < 4.78 is 2.04. The number of nitrogens with two attached hydrogens (primary N) is 1. The van der Waals surface area contributed by atoms with E-state index in [4.69, 9.17) is 50.5 Å². The van der Waals surface area contributed by atoms with Crippen LogP contribution in [-0.4, -0.2) is 55.4 Å². The standard InChI is InChI=1S/C26H31Cl3N8O2/c1-2-21(38)36-9-3-4-16(13-36)32-25-31-12-20-24(35-25)37(17-7-5-14(6-8-17)23(30)39)26(33-20)34-22-18(28)10-15(27)11-19(22)29/h10-12,14,16-17H,2-9,13H2,1H3,(H2,30,39)(H,33,34)(H,31,32,35)/t14?,16-,17?/m1/s1. The number of benzene rings is 1. The van der Waals surface area contributed by atoms with E-state index in [9.17, 15) is 9.59 Å². The average molecular weight is 594 g/mol. The molecule has 1 saturated carbocycles. The Bertz CT molecular complexity index is 1370. The first-order valence-electron chi connectivity index (χ1n) is 13.2. The van der Waals surface area contributed by atoms with Gasteiger partial charge in [0.25, 0.3) is 0 Å². The summed E-state index contributed by atoms with van der Waals surface area (Å²) >= 11 is 19.0. The van der Waals surface area contributed by atoms with E-state index in [0.29, 0.717) is 69.6 Å². The van der Waals surface area contributed by atoms with Crippen molar-refractivity contribution in [3.05, 3.63) is 33.4 Å². The molecule has 5 rings (SSSR count). The highest BCUT2D eigenvalue weighted by atomic mass is 35.5. The number of carbonyl (C=O) groups is 2. The van der Waals surface area contributed by atoms with Gasteiger partial charge in [0.15, 0.2) is 5.65 Å². The third-order valence-electron chi connectivity index (χ3n) is 7.55. The molecule has 10 nitrogen and oxygen atoms in total. The average Bonchev–Trinajstić information content (AvgIpc) is 3.27. The normalized spacial score (nSPS) is 21.6. The fourth-order valence-electron chi connectivity index (χ4n) is 5.51. The molecule has 0 unspecified atom stereocenters. The first-order valence-corrected chi connectivity index (χ1v) is 14.4. The molecular weight excluding hydrogens is 563 g/mol. The number of anilines is 3. The number of hydrogen-bond donors (Lipinski definition) is 3. The summed E-state index contributed by atoms with van der Waals surface area (Å²) in [5.41, 5.74) is 7.32. The van der Waals surface area contributed by atoms with E-state index in [0.717, 1.165) is 32.2 Å². The number of piperidine rings is 1. The van der Waals surface area contributed by atoms with Crippen molar-refractivity contribution in [3.63, 3.8) is 0 Å². The third-order valence-corrected chi connectivity index (χ3v) is 8.36. The summed E-state index contributed by atoms with van der Waals surface area (Å²) in [5.74, 6) is 0.734. The molecule has 3 aromatic rings. The predicted octanol–water partition coefficient (Wildman–Crippen LogP) is 5.56. The molecule has 1 saturated heterocycles. The van der Waals surface area contributed by atoms with Crippen LogP contribution in [0.3, 0.4) is 0 Å². The quantitative estimate of drug-likeness (QED) is 0.327. The number of likely N-dealkylation sites (tertiary alicyclic amines) is 1. The van der Waals surface area contributed by atoms with E-state index in [1.54, 1.807) is 18.3 Å². The van der Waals surface area contributed by atoms with Gasteiger partial charge in [-0.15, -0.1) is 0 Å². The molecule has 13 heteroatoms. The van der Waals surface area contributed by atoms with Crippen molar-refractivity contribution in [3.8, 4) is 0 Å². The van der Waals surface area contributed by atoms with Crippen LogP contribution in [0.1, 0.15) is 57.9 Å². The number of primary amides is 1. The van der Waals surface area contributed by atoms with Crippen molar-refractivity contribution in [2.24, 2.45) is 11.7 Å². The van der Waals surface area contributed by atoms with Gasteiger partial charge >= 0.3 is 0 Å². The third kappa shape index (κ3) is 6.02. The van der Waals surface area contributed by atoms with Crippen molar-refractivity contribution in [2.45, 2.75) is 64.0 Å². The van der Waals surface area contributed by atoms with Crippen LogP contribution < -0.4 is 16.4 Å². The SMILES string of the molecule is CCC(=O)N1CCC[C@@H](Nc2ncc3nc(Nc4c(Cl)cc(Cl)cc4Cl)n(C4CCC(C(N)=O)CC4)c3n2)C1. The molecule has 2 aliphatic rings. The van der Waals surface area contributed by atoms with Crippen molar-refractivity contribution in [1.29, 1.82) is 0 Å². The van der Waals surface area contributed by atoms with Crippen LogP contribution in [-0.2, 0) is 9.59 Å². The highest BCUT2D eigenvalue weighted by molar-refractivity contribution is 6.41. The summed E-state index contributed by atoms with van der Waals surface area (Å²) in [7, 11) is 0. The molecule has 0 bridgehead atoms. The fourth-order valence-corrected chi connectivity index (χ4v) is 6.43. The van der Waals surface area contributed by atoms with Crippen LogP contribution in [0.4, 0.5) is 17.6 Å². The Labute approximate surface area is 241 Å². The topological polar surface area (TPSA) is 131 Å². The zero-order chi connectivity index (χ0) is 27.7. The van der Waals surface area contributed by atoms with Crippen LogP contribution in [0.15, 0.2) is 18.3 Å². The van der Waals surface area contributed by atoms with Gasteiger partial charge in [0, 0.05) is 42.5 Å². The van der Waals surface area contributed by atoms with Gasteiger partial charge in [-0.25, -0.2) is 9.97 Å². The Morgan fingerprint density at radius 1 is 1.08 bits per heavy atom. The van der Waals surface area contributed by atoms with Crippen LogP contribution in [0.5, 0.6) is 0 Å². The van der Waals surface area contributed by atoms with Gasteiger partial charge in [0.05, 0.1) is 21.9 Å². The first kappa shape index (κ1) is 27.7. The molecule has 1 aliphatic heterocycles. The zero-order valence-corrected chi connectivity index (χ0v) is 23.9. The van der Waals surface area contributed by atoms with Gasteiger partial charge < -0.3 is 21.3 Å². The smallest absolute Gasteiger partial charge is 0.225 e. The lowest BCUT2D eigenvalue weighted by molar-refractivity contribution is -0.131. The molecule has 0 spiro atoms. The van der Waals surface area contributed by atoms with Crippen LogP contribution >= 0.6 is 34.8 Å². The number of halogens is 3. The van der Waals surface area contributed by atoms with Crippen LogP contribution in [0, 0.1) is 5.92 Å². The number of fused-ring (bicyclic) bond motifs is 1. The van der Waals surface area contributed by atoms with E-state index in [2.05, 4.69) is 15.6 Å². The second-order valence-electron chi connectivity index (χ2n) is 10.2. The van der Waals surface area contributed by atoms with Crippen molar-refractivity contribution in [2.75, 3.05) is 23.7 Å². The molecule has 4 N–H and O–H groups in total. The molecule has 1 aromatic carbocycles. The van der Waals surface area contributed by atoms with Gasteiger partial charge in [-0.2, -0.15) is 4.98 Å². The van der Waals surface area contributed by atoms with Gasteiger partial charge in [0.2, 0.25) is 23.7 Å². The van der Waals surface area contributed by atoms with Gasteiger partial charge in [-0.1, -0.05) is 41.7 Å². The van der Waals surface area contributed by atoms with Gasteiger partial charge in [-0.3, -0.25) is 14.2 Å². The van der Waals surface area contributed by atoms with Crippen molar-refractivity contribution in [1.82, 2.24) is 24.4 Å². The Morgan fingerprint density at radius 2 is 1.79 bits per heavy atom. The van der Waals surface area contributed by atoms with Gasteiger partial charge in [0.1, 0.15) is 5.52 Å². The Hall–Kier alpha value is -2.82. The highest BCUT2D eigenvalue weighted by Gasteiger charge is 2.30. The number of hydrogen-bond acceptors (Lipinski definition) is 7. The maximum Gasteiger partial charge on any atom is 0.225 e. The summed E-state index contributed by atoms with van der Waals surface area (Å²) in [6, 6.07) is 3.30. The first-order chi connectivity index (χ1) is 18.7. The van der Waals surface area contributed by atoms with Crippen molar-refractivity contribution >= 4 is 75.4 Å². The number of amides is 2. The Balaban J connectivity index is 1.48. The number of aromatic nitrogens is 4. The molecule has 2 amide bonds. The second kappa shape index (κ2) is 11.7. The molecule has 1 atom stereocenters. The van der Waals surface area contributed by atoms with E-state index in [1.807, 2.05) is 16.4 Å². The Morgan fingerprint density at radius 3 is 2.46 bits per heavy atom. The number of imidazole rings is 1. The van der Waals surface area contributed by atoms with E-state index >= 15 is 0 Å². The van der Waals surface area contributed by atoms with E-state index in [1.165, 1.54) is 0 Å². The lowest BCUT2D eigenvalue weighted by atomic mass is 9.85. The molecular formula is C26H31Cl3N8O2. The fraction of sp³-hybridized carbons (Fsp3) is 0.500. The molecule has 2 fully saturated rings. The zero-order valence-electron chi connectivity index (χ0n) is 21.6. The Kier molecular flexibility index (Phi) is 8.35. The van der Waals surface area contributed by atoms with E-state index < -0.39 is 0 Å². The molecule has 1 aliphatic carbocycles. The summed E-state index contributed by atoms with van der Waals surface area (Å²) in [6.45, 7) is 3.27. The summed E-state index contributed by atoms with van der Waals surface area (Å²) in [5, 5.41) is 7.86. The number of nitrogens with one attached hydrogen (secondary N) is 2. The maximum atomic E-state index is 12.2. The largest absolute Gasteiger partial charge is 0.369 e. The molecule has 208 valence electrons. The lowest BCUT2D eigenvalue weighted by Crippen LogP contribution is -2.45. The molecule has 3 heterocycles. The second-order valence-corrected chi connectivity index (χ2v) is 11.4. The van der Waals surface area contributed by atoms with E-state index in [-0.39, 0.29) is 29.8 Å². The summed E-state index contributed by atoms with van der Waals surface area (Å²) in [4.78, 5) is 40.1. The van der Waals surface area contributed by atoms with Crippen LogP contribution in [0.25, 0.3) is 11.2 Å². The number of carbonyl (C=O) groups excluding carboxylic acids is 2. The maximum absolute atomic E-state index is 12.2. The van der Waals surface area contributed by atoms with Gasteiger partial charge in [-0.05, 0) is 50.7 Å². The monoisotopic (exact) mass is 592 g/mol. The minimum absolute atomic E-state index is 0.0213. The lowest BCUT2D eigenvalue weighted by Gasteiger charge is -2.33. The number of nitrogens with zero attached hydrogens (tertiary/aromatic N) is 5. The highest BCUT2D eigenvalue weighted by Crippen LogP contribution is 2.40. The molecule has 0 radical (unpaired) electrons. The molecule has 2 aromatic heterocycles. The minimum Gasteiger partial charge on any atom is -0.369 e. The number of rotatable bonds is 7. The predicted molar refractivity (Wildman–Crippen MR) is 154 cm³/mol. The molecule has 39 heavy (non-hydrogen) atoms.